The van der Waals surface area contributed by atoms with Crippen LogP contribution in [-0.4, -0.2) is 4.21 Å². The zero-order valence-electron chi connectivity index (χ0n) is 12.5. The molecule has 0 nitrogen and oxygen atoms in total. The first kappa shape index (κ1) is 19.3. The van der Waals surface area contributed by atoms with Crippen LogP contribution >= 0.6 is 24.8 Å². The van der Waals surface area contributed by atoms with Crippen molar-refractivity contribution < 1.29 is 21.3 Å². The third kappa shape index (κ3) is 3.49. The quantitative estimate of drug-likeness (QED) is 0.606. The molecule has 0 amide bonds. The van der Waals surface area contributed by atoms with Crippen molar-refractivity contribution in [3.05, 3.63) is 41.0 Å². The van der Waals surface area contributed by atoms with Gasteiger partial charge in [-0.2, -0.15) is 0 Å². The Kier molecular flexibility index (Phi) is 7.46. The zero-order chi connectivity index (χ0) is 12.7. The second-order valence-corrected chi connectivity index (χ2v) is 10.6. The Balaban J connectivity index is 0.00000162. The van der Waals surface area contributed by atoms with Crippen molar-refractivity contribution in [3.8, 4) is 0 Å². The monoisotopic (exact) mass is 376 g/mol. The van der Waals surface area contributed by atoms with Crippen LogP contribution in [0.5, 0.6) is 0 Å². The second-order valence-electron chi connectivity index (χ2n) is 5.37. The van der Waals surface area contributed by atoms with Gasteiger partial charge in [0.05, 0.1) is 0 Å². The zero-order valence-corrected chi connectivity index (χ0v) is 16.6. The number of hydrogen-bond donors (Lipinski definition) is 0. The Morgan fingerprint density at radius 3 is 2.05 bits per heavy atom. The predicted octanol–water partition coefficient (Wildman–Crippen LogP) is 5.37. The van der Waals surface area contributed by atoms with Gasteiger partial charge in [-0.25, -0.2) is 0 Å². The van der Waals surface area contributed by atoms with Crippen LogP contribution in [0.4, 0.5) is 0 Å². The van der Waals surface area contributed by atoms with Gasteiger partial charge < -0.3 is 0 Å². The standard InChI is InChI=1S/C9H13.C6H7.CH2.2ClH.Zr/c1-6-5-7(2)9(4)8(6)3;1-6-4-2-3-5-6;;;;/h6H,1-4H3;4-5H,2H2,1H3;1H2;2*1H;. The maximum absolute atomic E-state index is 4.62. The van der Waals surface area contributed by atoms with Gasteiger partial charge in [-0.15, -0.1) is 24.8 Å². The molecule has 0 bridgehead atoms. The van der Waals surface area contributed by atoms with E-state index in [1.165, 1.54) is 17.6 Å². The average molecular weight is 378 g/mol. The average Bonchev–Trinajstić information content (AvgIpc) is 2.79. The van der Waals surface area contributed by atoms with Gasteiger partial charge in [-0.1, -0.05) is 0 Å². The van der Waals surface area contributed by atoms with Crippen molar-refractivity contribution >= 4 is 29.0 Å². The molecular weight excluding hydrogens is 354 g/mol. The van der Waals surface area contributed by atoms with Crippen molar-refractivity contribution in [2.24, 2.45) is 5.92 Å². The molecule has 106 valence electrons. The fourth-order valence-corrected chi connectivity index (χ4v) is 8.98. The van der Waals surface area contributed by atoms with Gasteiger partial charge >= 0.3 is 113 Å². The molecule has 1 atom stereocenters. The van der Waals surface area contributed by atoms with E-state index in [0.717, 1.165) is 0 Å². The summed E-state index contributed by atoms with van der Waals surface area (Å²) in [6.07, 6.45) is 5.92. The third-order valence-electron chi connectivity index (χ3n) is 4.40. The van der Waals surface area contributed by atoms with Gasteiger partial charge in [0.1, 0.15) is 0 Å². The summed E-state index contributed by atoms with van der Waals surface area (Å²) in [6, 6.07) is 0. The molecule has 0 heterocycles. The molecule has 2 aliphatic carbocycles. The summed E-state index contributed by atoms with van der Waals surface area (Å²) in [4.78, 5) is 0. The number of hydrogen-bond acceptors (Lipinski definition) is 0. The second kappa shape index (κ2) is 7.34. The topological polar surface area (TPSA) is 0 Å². The van der Waals surface area contributed by atoms with E-state index in [4.69, 9.17) is 0 Å². The minimum absolute atomic E-state index is 0. The number of rotatable bonds is 2. The molecule has 19 heavy (non-hydrogen) atoms. The van der Waals surface area contributed by atoms with Crippen molar-refractivity contribution in [2.75, 3.05) is 0 Å². The van der Waals surface area contributed by atoms with Gasteiger partial charge in [0.25, 0.3) is 0 Å². The van der Waals surface area contributed by atoms with E-state index in [0.29, 0.717) is 5.92 Å². The number of halogens is 2. The molecule has 0 aromatic carbocycles. The molecule has 2 aliphatic rings. The van der Waals surface area contributed by atoms with Crippen molar-refractivity contribution in [1.82, 2.24) is 0 Å². The summed E-state index contributed by atoms with van der Waals surface area (Å²) in [5, 5.41) is 0. The molecule has 0 fully saturated rings. The Labute approximate surface area is 137 Å². The minimum atomic E-state index is -1.76. The van der Waals surface area contributed by atoms with Gasteiger partial charge in [0.2, 0.25) is 0 Å². The van der Waals surface area contributed by atoms with Crippen LogP contribution in [0.1, 0.15) is 41.0 Å². The van der Waals surface area contributed by atoms with Gasteiger partial charge in [-0.3, -0.25) is 0 Å². The van der Waals surface area contributed by atoms with E-state index < -0.39 is 21.3 Å². The molecule has 0 aromatic heterocycles. The van der Waals surface area contributed by atoms with Crippen molar-refractivity contribution in [3.63, 3.8) is 0 Å². The Hall–Kier alpha value is 0.293. The van der Waals surface area contributed by atoms with E-state index in [2.05, 4.69) is 51.0 Å². The van der Waals surface area contributed by atoms with Gasteiger partial charge in [0.15, 0.2) is 0 Å². The Morgan fingerprint density at radius 1 is 1.11 bits per heavy atom. The van der Waals surface area contributed by atoms with E-state index in [9.17, 15) is 0 Å². The summed E-state index contributed by atoms with van der Waals surface area (Å²) in [7, 11) is 0. The molecule has 0 aliphatic heterocycles. The predicted molar refractivity (Wildman–Crippen MR) is 88.3 cm³/mol. The van der Waals surface area contributed by atoms with Crippen molar-refractivity contribution in [2.45, 2.75) is 41.0 Å². The molecule has 0 radical (unpaired) electrons. The van der Waals surface area contributed by atoms with Crippen LogP contribution in [0.3, 0.4) is 0 Å². The molecule has 0 saturated carbocycles. The Bertz CT molecular complexity index is 519. The first-order valence-corrected chi connectivity index (χ1v) is 10.6. The third-order valence-corrected chi connectivity index (χ3v) is 10.7. The van der Waals surface area contributed by atoms with Crippen molar-refractivity contribution in [1.29, 1.82) is 0 Å². The first-order valence-electron chi connectivity index (χ1n) is 6.39. The van der Waals surface area contributed by atoms with Crippen LogP contribution in [0.25, 0.3) is 0 Å². The van der Waals surface area contributed by atoms with E-state index in [-0.39, 0.29) is 24.8 Å². The van der Waals surface area contributed by atoms with Crippen LogP contribution in [0.15, 0.2) is 41.0 Å². The fraction of sp³-hybridized carbons (Fsp3) is 0.438. The SMILES string of the molecule is Cl.Cl.[CH2]=[Zr]([C]1=CC(C)=CC1)[C]1=C(C)C(C)=C(C)C1C. The summed E-state index contributed by atoms with van der Waals surface area (Å²) < 4.78 is 8.02. The molecule has 0 spiro atoms. The summed E-state index contributed by atoms with van der Waals surface area (Å²) in [5.74, 6) is 0.656. The molecule has 0 N–H and O–H groups in total. The summed E-state index contributed by atoms with van der Waals surface area (Å²) >= 11 is -1.76. The molecular formula is C16H24Cl2Zr. The molecule has 2 rings (SSSR count). The molecule has 0 aromatic rings. The molecule has 3 heteroatoms. The van der Waals surface area contributed by atoms with E-state index >= 15 is 0 Å². The van der Waals surface area contributed by atoms with Gasteiger partial charge in [-0.05, 0) is 0 Å². The van der Waals surface area contributed by atoms with Crippen LogP contribution in [0, 0.1) is 5.92 Å². The van der Waals surface area contributed by atoms with Crippen LogP contribution in [-0.2, 0) is 21.3 Å². The van der Waals surface area contributed by atoms with Gasteiger partial charge in [0, 0.05) is 0 Å². The summed E-state index contributed by atoms with van der Waals surface area (Å²) in [5.41, 5.74) is 6.09. The van der Waals surface area contributed by atoms with Crippen LogP contribution in [0.2, 0.25) is 0 Å². The number of allylic oxidation sites excluding steroid dienone is 8. The van der Waals surface area contributed by atoms with E-state index in [1.54, 1.807) is 17.7 Å². The summed E-state index contributed by atoms with van der Waals surface area (Å²) in [6.45, 7) is 11.4. The molecule has 0 saturated heterocycles. The fourth-order valence-electron chi connectivity index (χ4n) is 2.90. The Morgan fingerprint density at radius 2 is 1.68 bits per heavy atom. The molecule has 1 unspecified atom stereocenters. The first-order chi connectivity index (χ1) is 7.93. The normalized spacial score (nSPS) is 21.8. The van der Waals surface area contributed by atoms with E-state index in [1.807, 2.05) is 0 Å². The maximum atomic E-state index is 4.62. The van der Waals surface area contributed by atoms with Crippen LogP contribution < -0.4 is 0 Å².